The second-order valence-electron chi connectivity index (χ2n) is 8.13. The quantitative estimate of drug-likeness (QED) is 0.586. The summed E-state index contributed by atoms with van der Waals surface area (Å²) < 4.78 is 17.1. The first-order valence-electron chi connectivity index (χ1n) is 10.0. The number of methoxy groups -OCH3 is 1. The largest absolute Gasteiger partial charge is 0.497 e. The minimum atomic E-state index is -1.70. The number of hydrogen-bond acceptors (Lipinski definition) is 5. The fourth-order valence-corrected chi connectivity index (χ4v) is 4.47. The molecule has 0 radical (unpaired) electrons. The van der Waals surface area contributed by atoms with E-state index in [1.54, 1.807) is 42.4 Å². The maximum Gasteiger partial charge on any atom is 0.262 e. The number of carbonyl (C=O) groups is 1. The summed E-state index contributed by atoms with van der Waals surface area (Å²) in [5.41, 5.74) is -0.210. The van der Waals surface area contributed by atoms with Gasteiger partial charge in [-0.3, -0.25) is 4.79 Å². The number of carbonyl (C=O) groups excluding carboxylic acids is 1. The molecule has 0 aromatic heterocycles. The number of hydrogen-bond donors (Lipinski definition) is 1. The molecule has 2 aliphatic heterocycles. The van der Waals surface area contributed by atoms with Crippen LogP contribution in [0.2, 0.25) is 0 Å². The highest BCUT2D eigenvalue weighted by Gasteiger charge is 2.67. The molecule has 1 N–H and O–H groups in total. The van der Waals surface area contributed by atoms with Crippen LogP contribution >= 0.6 is 0 Å². The highest BCUT2D eigenvalue weighted by Crippen LogP contribution is 2.48. The number of ether oxygens (including phenoxy) is 3. The Morgan fingerprint density at radius 3 is 2.40 bits per heavy atom. The molecule has 0 saturated carbocycles. The fourth-order valence-electron chi connectivity index (χ4n) is 4.47. The zero-order chi connectivity index (χ0) is 21.5. The third kappa shape index (κ3) is 3.21. The third-order valence-electron chi connectivity index (χ3n) is 5.89. The molecule has 2 saturated heterocycles. The van der Waals surface area contributed by atoms with Gasteiger partial charge in [0.1, 0.15) is 17.9 Å². The molecule has 4 atom stereocenters. The van der Waals surface area contributed by atoms with Gasteiger partial charge in [0, 0.05) is 11.6 Å². The van der Waals surface area contributed by atoms with E-state index < -0.39 is 29.5 Å². The van der Waals surface area contributed by atoms with Crippen molar-refractivity contribution >= 4 is 11.6 Å². The molecule has 2 aliphatic rings. The SMILES string of the molecule is C=C[C@H](c1ccccc1)[C@]1(O)C(=O)N(c2ccc(OC)cc2)[C@H]1C1COC(C)(C)O1. The summed E-state index contributed by atoms with van der Waals surface area (Å²) in [7, 11) is 1.59. The summed E-state index contributed by atoms with van der Waals surface area (Å²) in [6.07, 6.45) is 1.14. The molecule has 1 unspecified atom stereocenters. The van der Waals surface area contributed by atoms with Crippen LogP contribution in [0, 0.1) is 0 Å². The number of nitrogens with zero attached hydrogens (tertiary/aromatic N) is 1. The standard InChI is InChI=1S/C24H27NO5/c1-5-19(16-9-7-6-8-10-16)24(27)21(20-15-29-23(2,3)30-20)25(22(24)26)17-11-13-18(28-4)14-12-17/h5-14,19-21,27H,1,15H2,2-4H3/t19-,20?,21+,24-/m1/s1. The third-order valence-corrected chi connectivity index (χ3v) is 5.89. The average molecular weight is 409 g/mol. The lowest BCUT2D eigenvalue weighted by molar-refractivity contribution is -0.176. The number of anilines is 1. The van der Waals surface area contributed by atoms with E-state index in [0.717, 1.165) is 5.56 Å². The van der Waals surface area contributed by atoms with Crippen molar-refractivity contribution in [3.05, 3.63) is 72.8 Å². The van der Waals surface area contributed by atoms with Gasteiger partial charge in [-0.1, -0.05) is 36.4 Å². The van der Waals surface area contributed by atoms with Crippen LogP contribution in [0.3, 0.4) is 0 Å². The van der Waals surface area contributed by atoms with E-state index in [1.807, 2.05) is 44.2 Å². The zero-order valence-electron chi connectivity index (χ0n) is 17.4. The number of aliphatic hydroxyl groups is 1. The summed E-state index contributed by atoms with van der Waals surface area (Å²) in [5, 5.41) is 11.8. The first-order chi connectivity index (χ1) is 14.3. The van der Waals surface area contributed by atoms with Crippen molar-refractivity contribution in [2.45, 2.75) is 43.3 Å². The van der Waals surface area contributed by atoms with Gasteiger partial charge < -0.3 is 24.2 Å². The van der Waals surface area contributed by atoms with Gasteiger partial charge in [0.2, 0.25) is 0 Å². The van der Waals surface area contributed by atoms with Gasteiger partial charge in [0.15, 0.2) is 11.4 Å². The predicted molar refractivity (Wildman–Crippen MR) is 114 cm³/mol. The van der Waals surface area contributed by atoms with Gasteiger partial charge in [-0.05, 0) is 43.7 Å². The molecule has 30 heavy (non-hydrogen) atoms. The molecule has 1 amide bonds. The van der Waals surface area contributed by atoms with Crippen LogP contribution in [0.5, 0.6) is 5.75 Å². The molecule has 2 fully saturated rings. The van der Waals surface area contributed by atoms with Crippen LogP contribution in [0.4, 0.5) is 5.69 Å². The highest BCUT2D eigenvalue weighted by molar-refractivity contribution is 6.09. The molecule has 2 aromatic carbocycles. The Hall–Kier alpha value is -2.67. The first kappa shape index (κ1) is 20.6. The Kier molecular flexibility index (Phi) is 5.18. The summed E-state index contributed by atoms with van der Waals surface area (Å²) in [6, 6.07) is 16.0. The summed E-state index contributed by atoms with van der Waals surface area (Å²) in [5.74, 6) is -1.07. The second-order valence-corrected chi connectivity index (χ2v) is 8.13. The minimum absolute atomic E-state index is 0.276. The normalized spacial score (nSPS) is 28.7. The van der Waals surface area contributed by atoms with E-state index in [4.69, 9.17) is 14.2 Å². The minimum Gasteiger partial charge on any atom is -0.497 e. The van der Waals surface area contributed by atoms with Crippen LogP contribution < -0.4 is 9.64 Å². The van der Waals surface area contributed by atoms with Crippen molar-refractivity contribution in [1.29, 1.82) is 0 Å². The molecule has 0 spiro atoms. The van der Waals surface area contributed by atoms with Gasteiger partial charge >= 0.3 is 0 Å². The van der Waals surface area contributed by atoms with E-state index >= 15 is 0 Å². The second kappa shape index (κ2) is 7.54. The van der Waals surface area contributed by atoms with Gasteiger partial charge in [0.05, 0.1) is 13.7 Å². The Morgan fingerprint density at radius 2 is 1.87 bits per heavy atom. The van der Waals surface area contributed by atoms with Crippen LogP contribution in [0.25, 0.3) is 0 Å². The maximum absolute atomic E-state index is 13.4. The number of benzene rings is 2. The molecule has 2 heterocycles. The van der Waals surface area contributed by atoms with E-state index in [0.29, 0.717) is 11.4 Å². The molecule has 0 aliphatic carbocycles. The van der Waals surface area contributed by atoms with Crippen LogP contribution in [0.15, 0.2) is 67.3 Å². The average Bonchev–Trinajstić information content (AvgIpc) is 3.11. The Balaban J connectivity index is 1.75. The predicted octanol–water partition coefficient (Wildman–Crippen LogP) is 3.26. The van der Waals surface area contributed by atoms with Crippen molar-refractivity contribution in [2.24, 2.45) is 0 Å². The van der Waals surface area contributed by atoms with Crippen LogP contribution in [-0.4, -0.2) is 48.3 Å². The molecule has 158 valence electrons. The molecule has 6 heteroatoms. The maximum atomic E-state index is 13.4. The van der Waals surface area contributed by atoms with Gasteiger partial charge in [-0.15, -0.1) is 6.58 Å². The lowest BCUT2D eigenvalue weighted by Gasteiger charge is -2.57. The Labute approximate surface area is 176 Å². The topological polar surface area (TPSA) is 68.2 Å². The van der Waals surface area contributed by atoms with Gasteiger partial charge in [0.25, 0.3) is 5.91 Å². The van der Waals surface area contributed by atoms with Crippen molar-refractivity contribution in [2.75, 3.05) is 18.6 Å². The van der Waals surface area contributed by atoms with E-state index in [2.05, 4.69) is 6.58 Å². The molecule has 2 aromatic rings. The molecular weight excluding hydrogens is 382 g/mol. The molecule has 6 nitrogen and oxygen atoms in total. The van der Waals surface area contributed by atoms with Crippen molar-refractivity contribution < 1.29 is 24.1 Å². The zero-order valence-corrected chi connectivity index (χ0v) is 17.4. The van der Waals surface area contributed by atoms with Crippen LogP contribution in [-0.2, 0) is 14.3 Å². The van der Waals surface area contributed by atoms with Crippen LogP contribution in [0.1, 0.15) is 25.3 Å². The van der Waals surface area contributed by atoms with Gasteiger partial charge in [-0.25, -0.2) is 0 Å². The van der Waals surface area contributed by atoms with E-state index in [9.17, 15) is 9.90 Å². The number of amides is 1. The summed E-state index contributed by atoms with van der Waals surface area (Å²) in [4.78, 5) is 15.0. The lowest BCUT2D eigenvalue weighted by atomic mass is 9.67. The van der Waals surface area contributed by atoms with Crippen molar-refractivity contribution in [3.8, 4) is 5.75 Å². The molecule has 0 bridgehead atoms. The first-order valence-corrected chi connectivity index (χ1v) is 10.0. The molecular formula is C24H27NO5. The Morgan fingerprint density at radius 1 is 1.20 bits per heavy atom. The smallest absolute Gasteiger partial charge is 0.262 e. The van der Waals surface area contributed by atoms with Crippen molar-refractivity contribution in [3.63, 3.8) is 0 Å². The monoisotopic (exact) mass is 409 g/mol. The number of β-lactam (4-membered cyclic amide) rings is 1. The Bertz CT molecular complexity index is 926. The highest BCUT2D eigenvalue weighted by atomic mass is 16.7. The fraction of sp³-hybridized carbons (Fsp3) is 0.375. The van der Waals surface area contributed by atoms with Crippen molar-refractivity contribution in [1.82, 2.24) is 0 Å². The summed E-state index contributed by atoms with van der Waals surface area (Å²) >= 11 is 0. The number of rotatable bonds is 6. The van der Waals surface area contributed by atoms with E-state index in [1.165, 1.54) is 0 Å². The van der Waals surface area contributed by atoms with E-state index in [-0.39, 0.29) is 12.5 Å². The summed E-state index contributed by atoms with van der Waals surface area (Å²) in [6.45, 7) is 7.84. The molecule has 4 rings (SSSR count). The lowest BCUT2D eigenvalue weighted by Crippen LogP contribution is -2.80. The van der Waals surface area contributed by atoms with Gasteiger partial charge in [-0.2, -0.15) is 0 Å².